The third-order valence-electron chi connectivity index (χ3n) is 3.73. The Morgan fingerprint density at radius 2 is 2.00 bits per heavy atom. The molecule has 0 saturated carbocycles. The summed E-state index contributed by atoms with van der Waals surface area (Å²) in [6.07, 6.45) is 4.53. The molecule has 2 heterocycles. The summed E-state index contributed by atoms with van der Waals surface area (Å²) in [7, 11) is 0. The van der Waals surface area contributed by atoms with Gasteiger partial charge in [0.1, 0.15) is 0 Å². The molecule has 0 aromatic heterocycles. The van der Waals surface area contributed by atoms with E-state index in [4.69, 9.17) is 0 Å². The van der Waals surface area contributed by atoms with E-state index in [2.05, 4.69) is 11.9 Å². The van der Waals surface area contributed by atoms with Crippen LogP contribution < -0.4 is 10.2 Å². The van der Waals surface area contributed by atoms with E-state index in [-0.39, 0.29) is 11.8 Å². The summed E-state index contributed by atoms with van der Waals surface area (Å²) in [5.74, 6) is 0.0167. The number of aryl methyl sites for hydroxylation is 2. The number of nitrogens with one attached hydrogen (secondary N) is 1. The lowest BCUT2D eigenvalue weighted by atomic mass is 9.91. The molecule has 2 aliphatic heterocycles. The molecule has 2 amide bonds. The highest BCUT2D eigenvalue weighted by molar-refractivity contribution is 6.01. The Labute approximate surface area is 112 Å². The molecule has 4 heteroatoms. The van der Waals surface area contributed by atoms with E-state index in [0.717, 1.165) is 48.3 Å². The topological polar surface area (TPSA) is 49.4 Å². The molecule has 0 bridgehead atoms. The van der Waals surface area contributed by atoms with Gasteiger partial charge >= 0.3 is 0 Å². The first kappa shape index (κ1) is 12.0. The Balaban J connectivity index is 2.04. The molecule has 1 N–H and O–H groups in total. The van der Waals surface area contributed by atoms with E-state index in [0.29, 0.717) is 6.42 Å². The lowest BCUT2D eigenvalue weighted by Crippen LogP contribution is -2.39. The number of benzene rings is 1. The van der Waals surface area contributed by atoms with Crippen molar-refractivity contribution in [3.63, 3.8) is 0 Å². The lowest BCUT2D eigenvalue weighted by molar-refractivity contribution is -0.119. The molecule has 0 fully saturated rings. The first-order valence-corrected chi connectivity index (χ1v) is 6.58. The zero-order valence-electron chi connectivity index (χ0n) is 10.7. The Kier molecular flexibility index (Phi) is 2.85. The van der Waals surface area contributed by atoms with Crippen LogP contribution in [0.25, 0.3) is 0 Å². The number of hydrogen-bond donors (Lipinski definition) is 1. The maximum absolute atomic E-state index is 11.9. The van der Waals surface area contributed by atoms with Gasteiger partial charge in [-0.15, -0.1) is 0 Å². The third-order valence-corrected chi connectivity index (χ3v) is 3.73. The summed E-state index contributed by atoms with van der Waals surface area (Å²) in [4.78, 5) is 25.2. The first-order valence-electron chi connectivity index (χ1n) is 6.58. The van der Waals surface area contributed by atoms with E-state index in [9.17, 15) is 9.59 Å². The second-order valence-electron chi connectivity index (χ2n) is 4.99. The predicted octanol–water partition coefficient (Wildman–Crippen LogP) is 2.04. The summed E-state index contributed by atoms with van der Waals surface area (Å²) in [6, 6.07) is 3.95. The Morgan fingerprint density at radius 1 is 1.26 bits per heavy atom. The third kappa shape index (κ3) is 2.03. The van der Waals surface area contributed by atoms with Crippen LogP contribution in [0.3, 0.4) is 0 Å². The Bertz CT molecular complexity index is 561. The maximum atomic E-state index is 11.9. The molecular formula is C15H16N2O2. The highest BCUT2D eigenvalue weighted by Gasteiger charge is 2.29. The lowest BCUT2D eigenvalue weighted by Gasteiger charge is -2.35. The van der Waals surface area contributed by atoms with Gasteiger partial charge in [-0.2, -0.15) is 0 Å². The quantitative estimate of drug-likeness (QED) is 0.823. The molecule has 0 radical (unpaired) electrons. The highest BCUT2D eigenvalue weighted by atomic mass is 16.2. The van der Waals surface area contributed by atoms with Crippen LogP contribution in [-0.2, 0) is 22.4 Å². The van der Waals surface area contributed by atoms with Crippen LogP contribution in [0.2, 0.25) is 0 Å². The summed E-state index contributed by atoms with van der Waals surface area (Å²) in [5.41, 5.74) is 4.21. The van der Waals surface area contributed by atoms with Crippen LogP contribution in [0.15, 0.2) is 24.8 Å². The molecule has 1 aromatic carbocycles. The van der Waals surface area contributed by atoms with Gasteiger partial charge in [-0.3, -0.25) is 9.59 Å². The molecular weight excluding hydrogens is 240 g/mol. The van der Waals surface area contributed by atoms with E-state index in [1.54, 1.807) is 0 Å². The fourth-order valence-corrected chi connectivity index (χ4v) is 2.92. The van der Waals surface area contributed by atoms with Crippen molar-refractivity contribution in [3.8, 4) is 0 Å². The molecule has 4 nitrogen and oxygen atoms in total. The average Bonchev–Trinajstić information content (AvgIpc) is 2.42. The Morgan fingerprint density at radius 3 is 2.74 bits per heavy atom. The summed E-state index contributed by atoms with van der Waals surface area (Å²) in [5, 5.41) is 2.81. The summed E-state index contributed by atoms with van der Waals surface area (Å²) < 4.78 is 0. The van der Waals surface area contributed by atoms with Crippen LogP contribution in [-0.4, -0.2) is 18.4 Å². The number of hydrogen-bond acceptors (Lipinski definition) is 2. The largest absolute Gasteiger partial charge is 0.323 e. The van der Waals surface area contributed by atoms with Crippen molar-refractivity contribution in [3.05, 3.63) is 35.9 Å². The minimum absolute atomic E-state index is 0.202. The number of nitrogens with zero attached hydrogens (tertiary/aromatic N) is 1. The second kappa shape index (κ2) is 4.53. The normalized spacial score (nSPS) is 16.8. The minimum Gasteiger partial charge on any atom is -0.323 e. The van der Waals surface area contributed by atoms with Gasteiger partial charge in [0.05, 0.1) is 5.69 Å². The van der Waals surface area contributed by atoms with Crippen molar-refractivity contribution in [1.82, 2.24) is 0 Å². The van der Waals surface area contributed by atoms with Crippen LogP contribution >= 0.6 is 0 Å². The smallest absolute Gasteiger partial charge is 0.247 e. The number of amides is 2. The van der Waals surface area contributed by atoms with E-state index < -0.39 is 0 Å². The fraction of sp³-hybridized carbons (Fsp3) is 0.333. The number of carbonyl (C=O) groups is 2. The zero-order chi connectivity index (χ0) is 13.4. The number of carbonyl (C=O) groups excluding carboxylic acids is 2. The monoisotopic (exact) mass is 256 g/mol. The standard InChI is InChI=1S/C15H16N2O2/c1-2-13(18)16-12-8-10-4-3-7-17-14(19)6-5-11(9-12)15(10)17/h2,8-9H,1,3-7H2,(H,16,18). The van der Waals surface area contributed by atoms with E-state index >= 15 is 0 Å². The van der Waals surface area contributed by atoms with Gasteiger partial charge in [-0.1, -0.05) is 6.58 Å². The van der Waals surface area contributed by atoms with Crippen LogP contribution in [0.1, 0.15) is 24.0 Å². The average molecular weight is 256 g/mol. The van der Waals surface area contributed by atoms with Crippen molar-refractivity contribution in [2.75, 3.05) is 16.8 Å². The predicted molar refractivity (Wildman–Crippen MR) is 74.3 cm³/mol. The van der Waals surface area contributed by atoms with Crippen molar-refractivity contribution >= 4 is 23.2 Å². The summed E-state index contributed by atoms with van der Waals surface area (Å²) in [6.45, 7) is 4.27. The molecule has 3 rings (SSSR count). The van der Waals surface area contributed by atoms with E-state index in [1.807, 2.05) is 17.0 Å². The maximum Gasteiger partial charge on any atom is 0.247 e. The van der Waals surface area contributed by atoms with Crippen molar-refractivity contribution in [2.24, 2.45) is 0 Å². The summed E-state index contributed by atoms with van der Waals surface area (Å²) >= 11 is 0. The number of rotatable bonds is 2. The molecule has 19 heavy (non-hydrogen) atoms. The SMILES string of the molecule is C=CC(=O)Nc1cc2c3c(c1)CCC(=O)N3CCC2. The van der Waals surface area contributed by atoms with Crippen LogP contribution in [0, 0.1) is 0 Å². The fourth-order valence-electron chi connectivity index (χ4n) is 2.92. The molecule has 0 unspecified atom stereocenters. The Hall–Kier alpha value is -2.10. The van der Waals surface area contributed by atoms with Gasteiger partial charge in [0.25, 0.3) is 0 Å². The second-order valence-corrected chi connectivity index (χ2v) is 4.99. The van der Waals surface area contributed by atoms with Gasteiger partial charge < -0.3 is 10.2 Å². The molecule has 2 aliphatic rings. The zero-order valence-corrected chi connectivity index (χ0v) is 10.7. The van der Waals surface area contributed by atoms with Gasteiger partial charge in [-0.25, -0.2) is 0 Å². The van der Waals surface area contributed by atoms with Crippen molar-refractivity contribution in [2.45, 2.75) is 25.7 Å². The molecule has 98 valence electrons. The molecule has 0 aliphatic carbocycles. The van der Waals surface area contributed by atoms with Crippen LogP contribution in [0.5, 0.6) is 0 Å². The van der Waals surface area contributed by atoms with Crippen molar-refractivity contribution in [1.29, 1.82) is 0 Å². The number of anilines is 2. The van der Waals surface area contributed by atoms with Gasteiger partial charge in [0.15, 0.2) is 0 Å². The molecule has 0 atom stereocenters. The van der Waals surface area contributed by atoms with Gasteiger partial charge in [-0.05, 0) is 48.6 Å². The minimum atomic E-state index is -0.202. The molecule has 1 aromatic rings. The van der Waals surface area contributed by atoms with Gasteiger partial charge in [0, 0.05) is 18.7 Å². The molecule has 0 saturated heterocycles. The van der Waals surface area contributed by atoms with Gasteiger partial charge in [0.2, 0.25) is 11.8 Å². The first-order chi connectivity index (χ1) is 9.19. The van der Waals surface area contributed by atoms with Crippen molar-refractivity contribution < 1.29 is 9.59 Å². The van der Waals surface area contributed by atoms with Crippen LogP contribution in [0.4, 0.5) is 11.4 Å². The molecule has 0 spiro atoms. The van der Waals surface area contributed by atoms with E-state index in [1.165, 1.54) is 6.08 Å². The highest BCUT2D eigenvalue weighted by Crippen LogP contribution is 2.37.